The highest BCUT2D eigenvalue weighted by Crippen LogP contribution is 2.19. The summed E-state index contributed by atoms with van der Waals surface area (Å²) in [5.41, 5.74) is -2.54. The molecule has 0 unspecified atom stereocenters. The van der Waals surface area contributed by atoms with E-state index in [0.717, 1.165) is 13.2 Å². The maximum atomic E-state index is 12.7. The van der Waals surface area contributed by atoms with Crippen LogP contribution in [0.15, 0.2) is 12.2 Å². The summed E-state index contributed by atoms with van der Waals surface area (Å²) < 4.78 is 20.4. The predicted octanol–water partition coefficient (Wildman–Crippen LogP) is 3.99. The Bertz CT molecular complexity index is 634. The molecule has 0 radical (unpaired) electrons. The molecule has 9 heteroatoms. The van der Waals surface area contributed by atoms with Gasteiger partial charge in [0, 0.05) is 6.08 Å². The standard InChI is InChI=1S/C21H35NO8/c1-19(2,3)28-15(23)13-11-12-14(16(24)27-10)22(17(25)29-20(4,5)6)18(26)30-21(7,8)9/h11,13-14H,12H2,1-10H3/b13-11+/t14-/m0/s1. The quantitative estimate of drug-likeness (QED) is 0.367. The van der Waals surface area contributed by atoms with Crippen LogP contribution in [0.1, 0.15) is 68.7 Å². The van der Waals surface area contributed by atoms with Crippen molar-refractivity contribution in [3.05, 3.63) is 12.2 Å². The van der Waals surface area contributed by atoms with Gasteiger partial charge < -0.3 is 18.9 Å². The lowest BCUT2D eigenvalue weighted by Gasteiger charge is -2.31. The van der Waals surface area contributed by atoms with Gasteiger partial charge in [-0.1, -0.05) is 6.08 Å². The van der Waals surface area contributed by atoms with Crippen LogP contribution in [-0.2, 0) is 28.5 Å². The van der Waals surface area contributed by atoms with Gasteiger partial charge >= 0.3 is 24.1 Å². The molecule has 172 valence electrons. The Morgan fingerprint density at radius 3 is 1.50 bits per heavy atom. The Labute approximate surface area is 178 Å². The van der Waals surface area contributed by atoms with Crippen molar-refractivity contribution in [1.29, 1.82) is 0 Å². The van der Waals surface area contributed by atoms with E-state index in [2.05, 4.69) is 0 Å². The Morgan fingerprint density at radius 1 is 0.767 bits per heavy atom. The molecule has 0 saturated heterocycles. The van der Waals surface area contributed by atoms with Gasteiger partial charge in [0.25, 0.3) is 0 Å². The fourth-order valence-electron chi connectivity index (χ4n) is 2.02. The van der Waals surface area contributed by atoms with Gasteiger partial charge in [-0.25, -0.2) is 19.2 Å². The number of nitrogens with zero attached hydrogens (tertiary/aromatic N) is 1. The molecule has 0 aliphatic heterocycles. The van der Waals surface area contributed by atoms with Gasteiger partial charge in [-0.3, -0.25) is 0 Å². The zero-order valence-electron chi connectivity index (χ0n) is 19.7. The average molecular weight is 430 g/mol. The molecule has 2 amide bonds. The van der Waals surface area contributed by atoms with Crippen LogP contribution >= 0.6 is 0 Å². The summed E-state index contributed by atoms with van der Waals surface area (Å²) >= 11 is 0. The lowest BCUT2D eigenvalue weighted by atomic mass is 10.1. The number of ether oxygens (including phenoxy) is 4. The molecule has 30 heavy (non-hydrogen) atoms. The van der Waals surface area contributed by atoms with Crippen molar-refractivity contribution in [2.45, 2.75) is 91.6 Å². The lowest BCUT2D eigenvalue weighted by molar-refractivity contribution is -0.149. The molecule has 0 fully saturated rings. The maximum Gasteiger partial charge on any atom is 0.420 e. The first-order valence-corrected chi connectivity index (χ1v) is 9.59. The number of amides is 2. The van der Waals surface area contributed by atoms with Gasteiger partial charge in [-0.15, -0.1) is 0 Å². The number of carbonyl (C=O) groups excluding carboxylic acids is 4. The van der Waals surface area contributed by atoms with E-state index >= 15 is 0 Å². The van der Waals surface area contributed by atoms with Gasteiger partial charge in [0.2, 0.25) is 0 Å². The van der Waals surface area contributed by atoms with Crippen LogP contribution in [0.5, 0.6) is 0 Å². The van der Waals surface area contributed by atoms with E-state index < -0.39 is 47.0 Å². The van der Waals surface area contributed by atoms with E-state index in [1.807, 2.05) is 0 Å². The normalized spacial score (nSPS) is 13.4. The molecule has 0 aliphatic rings. The van der Waals surface area contributed by atoms with Gasteiger partial charge in [0.1, 0.15) is 22.8 Å². The number of hydrogen-bond donors (Lipinski definition) is 0. The van der Waals surface area contributed by atoms with Gasteiger partial charge in [-0.05, 0) is 68.7 Å². The van der Waals surface area contributed by atoms with E-state index in [1.165, 1.54) is 6.08 Å². The molecular formula is C21H35NO8. The number of rotatable bonds is 5. The second kappa shape index (κ2) is 10.4. The van der Waals surface area contributed by atoms with Gasteiger partial charge in [0.15, 0.2) is 0 Å². The molecule has 0 rings (SSSR count). The van der Waals surface area contributed by atoms with Gasteiger partial charge in [-0.2, -0.15) is 4.90 Å². The number of imide groups is 1. The maximum absolute atomic E-state index is 12.7. The zero-order valence-corrected chi connectivity index (χ0v) is 19.7. The lowest BCUT2D eigenvalue weighted by Crippen LogP contribution is -2.52. The van der Waals surface area contributed by atoms with Gasteiger partial charge in [0.05, 0.1) is 7.11 Å². The minimum absolute atomic E-state index is 0.204. The van der Waals surface area contributed by atoms with Crippen LogP contribution in [0.25, 0.3) is 0 Å². The van der Waals surface area contributed by atoms with Crippen LogP contribution in [0, 0.1) is 0 Å². The minimum atomic E-state index is -1.40. The van der Waals surface area contributed by atoms with Crippen molar-refractivity contribution >= 4 is 24.1 Å². The third-order valence-corrected chi connectivity index (χ3v) is 2.99. The van der Waals surface area contributed by atoms with Crippen molar-refractivity contribution in [2.75, 3.05) is 7.11 Å². The average Bonchev–Trinajstić information content (AvgIpc) is 2.47. The molecule has 0 heterocycles. The van der Waals surface area contributed by atoms with Crippen LogP contribution in [0.3, 0.4) is 0 Å². The Morgan fingerprint density at radius 2 is 1.17 bits per heavy atom. The second-order valence-electron chi connectivity index (χ2n) is 9.54. The fraction of sp³-hybridized carbons (Fsp3) is 0.714. The Balaban J connectivity index is 5.83. The van der Waals surface area contributed by atoms with E-state index in [0.29, 0.717) is 4.90 Å². The number of hydrogen-bond acceptors (Lipinski definition) is 8. The highest BCUT2D eigenvalue weighted by atomic mass is 16.6. The third-order valence-electron chi connectivity index (χ3n) is 2.99. The SMILES string of the molecule is COC(=O)[C@H](C/C=C/C(=O)OC(C)(C)C)N(C(=O)OC(C)(C)C)C(=O)OC(C)(C)C. The van der Waals surface area contributed by atoms with E-state index in [9.17, 15) is 19.2 Å². The number of methoxy groups -OCH3 is 1. The first kappa shape index (κ1) is 27.4. The Kier molecular flexibility index (Phi) is 9.55. The van der Waals surface area contributed by atoms with Crippen molar-refractivity contribution in [3.63, 3.8) is 0 Å². The highest BCUT2D eigenvalue weighted by Gasteiger charge is 2.40. The third kappa shape index (κ3) is 11.4. The number of carbonyl (C=O) groups is 4. The smallest absolute Gasteiger partial charge is 0.420 e. The molecule has 0 aromatic carbocycles. The molecule has 0 bridgehead atoms. The molecule has 0 aliphatic carbocycles. The van der Waals surface area contributed by atoms with Crippen LogP contribution in [0.2, 0.25) is 0 Å². The monoisotopic (exact) mass is 429 g/mol. The second-order valence-corrected chi connectivity index (χ2v) is 9.54. The van der Waals surface area contributed by atoms with Crippen molar-refractivity contribution in [1.82, 2.24) is 4.90 Å². The largest absolute Gasteiger partial charge is 0.467 e. The van der Waals surface area contributed by atoms with Crippen molar-refractivity contribution in [2.24, 2.45) is 0 Å². The van der Waals surface area contributed by atoms with E-state index in [4.69, 9.17) is 18.9 Å². The highest BCUT2D eigenvalue weighted by molar-refractivity contribution is 5.94. The topological polar surface area (TPSA) is 108 Å². The van der Waals surface area contributed by atoms with Crippen molar-refractivity contribution in [3.8, 4) is 0 Å². The molecule has 9 nitrogen and oxygen atoms in total. The summed E-state index contributed by atoms with van der Waals surface area (Å²) in [5.74, 6) is -1.51. The molecule has 0 N–H and O–H groups in total. The van der Waals surface area contributed by atoms with Crippen LogP contribution < -0.4 is 0 Å². The summed E-state index contributed by atoms with van der Waals surface area (Å²) in [6.45, 7) is 14.8. The molecule has 0 aromatic rings. The molecule has 0 aromatic heterocycles. The summed E-state index contributed by atoms with van der Waals surface area (Å²) in [4.78, 5) is 50.2. The first-order valence-electron chi connectivity index (χ1n) is 9.59. The molecule has 1 atom stereocenters. The zero-order chi connectivity index (χ0) is 23.9. The van der Waals surface area contributed by atoms with Crippen molar-refractivity contribution < 1.29 is 38.1 Å². The minimum Gasteiger partial charge on any atom is -0.467 e. The summed E-state index contributed by atoms with van der Waals surface area (Å²) in [7, 11) is 1.12. The summed E-state index contributed by atoms with van der Waals surface area (Å²) in [6.07, 6.45) is 0.0846. The first-order chi connectivity index (χ1) is 13.4. The predicted molar refractivity (Wildman–Crippen MR) is 110 cm³/mol. The molecule has 0 saturated carbocycles. The number of esters is 2. The summed E-state index contributed by atoms with van der Waals surface area (Å²) in [5, 5.41) is 0. The van der Waals surface area contributed by atoms with E-state index in [-0.39, 0.29) is 6.42 Å². The molecule has 0 spiro atoms. The van der Waals surface area contributed by atoms with Crippen LogP contribution in [0.4, 0.5) is 9.59 Å². The summed E-state index contributed by atoms with van der Waals surface area (Å²) in [6, 6.07) is -1.40. The fourth-order valence-corrected chi connectivity index (χ4v) is 2.02. The van der Waals surface area contributed by atoms with Crippen LogP contribution in [-0.4, -0.2) is 59.0 Å². The Hall–Kier alpha value is -2.58. The van der Waals surface area contributed by atoms with E-state index in [1.54, 1.807) is 62.3 Å². The molecular weight excluding hydrogens is 394 g/mol.